The number of nitrogens with two attached hydrogens (primary N) is 2. The average molecular weight is 503 g/mol. The zero-order chi connectivity index (χ0) is 27.0. The molecule has 2 rings (SSSR count). The van der Waals surface area contributed by atoms with Crippen LogP contribution in [-0.4, -0.2) is 63.9 Å². The number of hydrogen-bond donors (Lipinski definition) is 7. The summed E-state index contributed by atoms with van der Waals surface area (Å²) in [5.74, 6) is -4.37. The smallest absolute Gasteiger partial charge is 0.326 e. The fourth-order valence-electron chi connectivity index (χ4n) is 3.66. The number of primary amides is 1. The minimum absolute atomic E-state index is 0.0368. The Morgan fingerprint density at radius 3 is 2.28 bits per heavy atom. The van der Waals surface area contributed by atoms with Crippen LogP contribution in [0.15, 0.2) is 30.5 Å². The van der Waals surface area contributed by atoms with Crippen LogP contribution in [0.25, 0.3) is 10.9 Å². The van der Waals surface area contributed by atoms with Gasteiger partial charge in [-0.1, -0.05) is 38.5 Å². The van der Waals surface area contributed by atoms with Crippen molar-refractivity contribution in [1.29, 1.82) is 0 Å². The lowest BCUT2D eigenvalue weighted by Gasteiger charge is -2.26. The third-order valence-electron chi connectivity index (χ3n) is 6.02. The fraction of sp³-hybridized carbons (Fsp3) is 0.458. The summed E-state index contributed by atoms with van der Waals surface area (Å²) in [7, 11) is 0. The third-order valence-corrected chi connectivity index (χ3v) is 6.02. The molecule has 0 bridgehead atoms. The number of benzene rings is 1. The van der Waals surface area contributed by atoms with Gasteiger partial charge in [-0.3, -0.25) is 19.2 Å². The summed E-state index contributed by atoms with van der Waals surface area (Å²) in [5, 5.41) is 18.0. The van der Waals surface area contributed by atoms with Gasteiger partial charge in [0.15, 0.2) is 0 Å². The van der Waals surface area contributed by atoms with Crippen LogP contribution in [-0.2, 0) is 30.4 Å². The van der Waals surface area contributed by atoms with Crippen molar-refractivity contribution in [3.63, 3.8) is 0 Å². The van der Waals surface area contributed by atoms with Gasteiger partial charge in [0, 0.05) is 23.5 Å². The predicted octanol–water partition coefficient (Wildman–Crippen LogP) is -0.482. The quantitative estimate of drug-likeness (QED) is 0.191. The first-order chi connectivity index (χ1) is 16.9. The average Bonchev–Trinajstić information content (AvgIpc) is 3.23. The van der Waals surface area contributed by atoms with E-state index >= 15 is 0 Å². The molecular formula is C24H34N6O6. The third kappa shape index (κ3) is 7.54. The van der Waals surface area contributed by atoms with Gasteiger partial charge in [0.1, 0.15) is 18.1 Å². The second-order valence-corrected chi connectivity index (χ2v) is 8.84. The van der Waals surface area contributed by atoms with E-state index in [1.165, 1.54) is 6.92 Å². The van der Waals surface area contributed by atoms with E-state index in [4.69, 9.17) is 11.5 Å². The maximum atomic E-state index is 12.9. The molecule has 0 radical (unpaired) electrons. The normalized spacial score (nSPS) is 15.2. The number of carboxylic acids is 1. The molecule has 2 aromatic rings. The molecule has 9 N–H and O–H groups in total. The van der Waals surface area contributed by atoms with Crippen molar-refractivity contribution in [3.8, 4) is 0 Å². The van der Waals surface area contributed by atoms with Crippen molar-refractivity contribution >= 4 is 40.5 Å². The summed E-state index contributed by atoms with van der Waals surface area (Å²) in [5.41, 5.74) is 12.3. The Labute approximate surface area is 208 Å². The van der Waals surface area contributed by atoms with E-state index in [1.54, 1.807) is 13.1 Å². The highest BCUT2D eigenvalue weighted by Crippen LogP contribution is 2.19. The van der Waals surface area contributed by atoms with Crippen molar-refractivity contribution in [2.24, 2.45) is 17.4 Å². The van der Waals surface area contributed by atoms with Gasteiger partial charge in [0.25, 0.3) is 0 Å². The van der Waals surface area contributed by atoms with E-state index in [0.29, 0.717) is 6.42 Å². The number of H-pyrrole nitrogens is 1. The van der Waals surface area contributed by atoms with E-state index in [9.17, 15) is 29.1 Å². The number of hydrogen-bond acceptors (Lipinski definition) is 6. The molecule has 12 heteroatoms. The van der Waals surface area contributed by atoms with Gasteiger partial charge in [-0.25, -0.2) is 4.79 Å². The Balaban J connectivity index is 2.05. The first-order valence-electron chi connectivity index (χ1n) is 11.7. The molecule has 0 aliphatic rings. The molecule has 0 saturated carbocycles. The minimum atomic E-state index is -1.23. The van der Waals surface area contributed by atoms with Gasteiger partial charge in [-0.15, -0.1) is 0 Å². The van der Waals surface area contributed by atoms with Crippen molar-refractivity contribution in [2.75, 3.05) is 0 Å². The second kappa shape index (κ2) is 12.7. The number of amides is 4. The maximum Gasteiger partial charge on any atom is 0.326 e. The number of carbonyl (C=O) groups is 5. The summed E-state index contributed by atoms with van der Waals surface area (Å²) < 4.78 is 0. The molecule has 0 aliphatic carbocycles. The van der Waals surface area contributed by atoms with Crippen molar-refractivity contribution in [1.82, 2.24) is 20.9 Å². The number of nitrogens with one attached hydrogen (secondary N) is 4. The predicted molar refractivity (Wildman–Crippen MR) is 132 cm³/mol. The van der Waals surface area contributed by atoms with Crippen LogP contribution < -0.4 is 27.4 Å². The number of carbonyl (C=O) groups excluding carboxylic acids is 4. The minimum Gasteiger partial charge on any atom is -0.480 e. The monoisotopic (exact) mass is 502 g/mol. The van der Waals surface area contributed by atoms with Gasteiger partial charge in [0.2, 0.25) is 23.6 Å². The lowest BCUT2D eigenvalue weighted by molar-refractivity contribution is -0.142. The van der Waals surface area contributed by atoms with Gasteiger partial charge in [0.05, 0.1) is 12.5 Å². The summed E-state index contributed by atoms with van der Waals surface area (Å²) in [6.45, 7) is 4.96. The number of aromatic amines is 1. The highest BCUT2D eigenvalue weighted by Gasteiger charge is 2.31. The summed E-state index contributed by atoms with van der Waals surface area (Å²) in [6, 6.07) is 2.82. The molecule has 1 aromatic heterocycles. The molecule has 5 atom stereocenters. The summed E-state index contributed by atoms with van der Waals surface area (Å²) in [4.78, 5) is 63.9. The van der Waals surface area contributed by atoms with Crippen LogP contribution in [0, 0.1) is 5.92 Å². The van der Waals surface area contributed by atoms with E-state index in [2.05, 4.69) is 20.9 Å². The Morgan fingerprint density at radius 2 is 1.67 bits per heavy atom. The molecule has 5 unspecified atom stereocenters. The number of fused-ring (bicyclic) bond motifs is 1. The molecule has 1 heterocycles. The van der Waals surface area contributed by atoms with Crippen molar-refractivity contribution in [2.45, 2.75) is 64.2 Å². The van der Waals surface area contributed by atoms with E-state index < -0.39 is 53.8 Å². The molecule has 4 amide bonds. The molecule has 12 nitrogen and oxygen atoms in total. The van der Waals surface area contributed by atoms with Gasteiger partial charge in [-0.05, 0) is 24.5 Å². The molecular weight excluding hydrogens is 468 g/mol. The van der Waals surface area contributed by atoms with Crippen molar-refractivity contribution in [3.05, 3.63) is 36.0 Å². The molecule has 0 fully saturated rings. The molecule has 196 valence electrons. The highest BCUT2D eigenvalue weighted by molar-refractivity contribution is 5.95. The number of para-hydroxylation sites is 1. The Hall–Kier alpha value is -3.93. The number of aromatic nitrogens is 1. The van der Waals surface area contributed by atoms with Gasteiger partial charge >= 0.3 is 5.97 Å². The summed E-state index contributed by atoms with van der Waals surface area (Å²) >= 11 is 0. The molecule has 36 heavy (non-hydrogen) atoms. The van der Waals surface area contributed by atoms with Gasteiger partial charge in [-0.2, -0.15) is 0 Å². The second-order valence-electron chi connectivity index (χ2n) is 8.84. The Kier molecular flexibility index (Phi) is 9.97. The van der Waals surface area contributed by atoms with Crippen LogP contribution in [0.5, 0.6) is 0 Å². The SMILES string of the molecule is CCC(C)C(NC(=O)C(N)CC(N)=O)C(=O)NC(C)C(=O)NC(Cc1c[nH]c2ccccc12)C(=O)O. The standard InChI is InChI=1S/C24H34N6O6/c1-4-12(2)20(30-22(33)16(25)10-19(26)31)23(34)28-13(3)21(32)29-18(24(35)36)9-14-11-27-17-8-6-5-7-15(14)17/h5-8,11-13,16,18,20,27H,4,9-10,25H2,1-3H3,(H2,26,31)(H,28,34)(H,29,32)(H,30,33)(H,35,36). The fourth-order valence-corrected chi connectivity index (χ4v) is 3.66. The maximum absolute atomic E-state index is 12.9. The molecule has 0 aliphatic heterocycles. The Bertz CT molecular complexity index is 1120. The number of rotatable bonds is 13. The van der Waals surface area contributed by atoms with Crippen molar-refractivity contribution < 1.29 is 29.1 Å². The van der Waals surface area contributed by atoms with E-state index in [0.717, 1.165) is 16.5 Å². The van der Waals surface area contributed by atoms with Crippen LogP contribution in [0.1, 0.15) is 39.2 Å². The lowest BCUT2D eigenvalue weighted by atomic mass is 9.97. The van der Waals surface area contributed by atoms with Crippen LogP contribution in [0.2, 0.25) is 0 Å². The molecule has 0 spiro atoms. The van der Waals surface area contributed by atoms with E-state index in [1.807, 2.05) is 31.2 Å². The number of carboxylic acid groups (broad SMARTS) is 1. The van der Waals surface area contributed by atoms with Crippen LogP contribution >= 0.6 is 0 Å². The highest BCUT2D eigenvalue weighted by atomic mass is 16.4. The number of aliphatic carboxylic acids is 1. The zero-order valence-electron chi connectivity index (χ0n) is 20.5. The summed E-state index contributed by atoms with van der Waals surface area (Å²) in [6.07, 6.45) is 1.87. The molecule has 1 aromatic carbocycles. The topological polar surface area (TPSA) is 209 Å². The van der Waals surface area contributed by atoms with Crippen LogP contribution in [0.3, 0.4) is 0 Å². The van der Waals surface area contributed by atoms with Crippen LogP contribution in [0.4, 0.5) is 0 Å². The van der Waals surface area contributed by atoms with E-state index in [-0.39, 0.29) is 18.8 Å². The first-order valence-corrected chi connectivity index (χ1v) is 11.7. The lowest BCUT2D eigenvalue weighted by Crippen LogP contribution is -2.58. The zero-order valence-corrected chi connectivity index (χ0v) is 20.5. The first kappa shape index (κ1) is 28.3. The molecule has 0 saturated heterocycles. The Morgan fingerprint density at radius 1 is 1.00 bits per heavy atom. The largest absolute Gasteiger partial charge is 0.480 e. The van der Waals surface area contributed by atoms with Gasteiger partial charge < -0.3 is 37.5 Å².